The first-order valence-electron chi connectivity index (χ1n) is 3.04. The van der Waals surface area contributed by atoms with E-state index in [4.69, 9.17) is 0 Å². The van der Waals surface area contributed by atoms with Gasteiger partial charge in [0.15, 0.2) is 5.78 Å². The second-order valence-corrected chi connectivity index (χ2v) is 1.78. The lowest BCUT2D eigenvalue weighted by Gasteiger charge is -1.91. The van der Waals surface area contributed by atoms with Gasteiger partial charge in [0.05, 0.1) is 6.21 Å². The third-order valence-electron chi connectivity index (χ3n) is 0.699. The number of carbonyl (C=O) groups is 1. The Labute approximate surface area is 55.1 Å². The Morgan fingerprint density at radius 2 is 2.44 bits per heavy atom. The number of hydrogen-bond acceptors (Lipinski definition) is 3. The van der Waals surface area contributed by atoms with Crippen LogP contribution in [-0.2, 0) is 4.79 Å². The van der Waals surface area contributed by atoms with Crippen LogP contribution in [0.2, 0.25) is 0 Å². The number of hydrazone groups is 1. The van der Waals surface area contributed by atoms with E-state index in [-0.39, 0.29) is 5.78 Å². The van der Waals surface area contributed by atoms with Gasteiger partial charge in [-0.1, -0.05) is 6.92 Å². The molecule has 0 unspecified atom stereocenters. The third kappa shape index (κ3) is 7.14. The summed E-state index contributed by atoms with van der Waals surface area (Å²) in [6, 6.07) is 0. The first-order chi connectivity index (χ1) is 4.27. The molecule has 0 spiro atoms. The highest BCUT2D eigenvalue weighted by Gasteiger charge is 1.79. The van der Waals surface area contributed by atoms with Crippen LogP contribution >= 0.6 is 0 Å². The predicted octanol–water partition coefficient (Wildman–Crippen LogP) is 0.561. The monoisotopic (exact) mass is 128 g/mol. The molecule has 0 rings (SSSR count). The van der Waals surface area contributed by atoms with E-state index in [0.29, 0.717) is 0 Å². The number of nitrogens with zero attached hydrogens (tertiary/aromatic N) is 1. The highest BCUT2D eigenvalue weighted by Crippen LogP contribution is 1.68. The van der Waals surface area contributed by atoms with E-state index in [2.05, 4.69) is 10.5 Å². The Hall–Kier alpha value is -0.860. The topological polar surface area (TPSA) is 41.5 Å². The van der Waals surface area contributed by atoms with Crippen molar-refractivity contribution in [2.45, 2.75) is 20.3 Å². The third-order valence-corrected chi connectivity index (χ3v) is 0.699. The van der Waals surface area contributed by atoms with Crippen LogP contribution in [0.5, 0.6) is 0 Å². The Morgan fingerprint density at radius 1 is 1.78 bits per heavy atom. The molecule has 3 heteroatoms. The molecule has 0 aromatic rings. The Bertz CT molecular complexity index is 110. The van der Waals surface area contributed by atoms with Crippen molar-refractivity contribution in [3.8, 4) is 0 Å². The zero-order valence-corrected chi connectivity index (χ0v) is 5.85. The van der Waals surface area contributed by atoms with Crippen molar-refractivity contribution in [3.05, 3.63) is 0 Å². The van der Waals surface area contributed by atoms with E-state index >= 15 is 0 Å². The molecular formula is C6H12N2O. The maximum Gasteiger partial charge on any atom is 0.172 e. The van der Waals surface area contributed by atoms with Crippen LogP contribution < -0.4 is 5.43 Å². The van der Waals surface area contributed by atoms with Gasteiger partial charge in [0.2, 0.25) is 0 Å². The molecule has 0 aliphatic rings. The van der Waals surface area contributed by atoms with Crippen LogP contribution in [0.4, 0.5) is 0 Å². The van der Waals surface area contributed by atoms with Gasteiger partial charge in [-0.3, -0.25) is 4.79 Å². The summed E-state index contributed by atoms with van der Waals surface area (Å²) in [7, 11) is 0. The molecule has 0 saturated carbocycles. The minimum atomic E-state index is -0.0291. The molecule has 1 N–H and O–H groups in total. The summed E-state index contributed by atoms with van der Waals surface area (Å²) in [5.41, 5.74) is 2.72. The molecule has 0 amide bonds. The van der Waals surface area contributed by atoms with Crippen molar-refractivity contribution in [3.63, 3.8) is 0 Å². The van der Waals surface area contributed by atoms with Crippen molar-refractivity contribution in [1.29, 1.82) is 0 Å². The average Bonchev–Trinajstić information content (AvgIpc) is 1.80. The maximum absolute atomic E-state index is 10.2. The Balaban J connectivity index is 3.15. The summed E-state index contributed by atoms with van der Waals surface area (Å²) in [4.78, 5) is 10.2. The zero-order chi connectivity index (χ0) is 7.11. The van der Waals surface area contributed by atoms with Crippen LogP contribution in [0, 0.1) is 0 Å². The van der Waals surface area contributed by atoms with Gasteiger partial charge in [0, 0.05) is 13.5 Å². The number of hydrogen-bond donors (Lipinski definition) is 1. The van der Waals surface area contributed by atoms with Gasteiger partial charge < -0.3 is 5.43 Å². The molecule has 0 fully saturated rings. The van der Waals surface area contributed by atoms with E-state index in [1.807, 2.05) is 6.92 Å². The standard InChI is InChI=1S/C6H12N2O/c1-3-4-7-8-5-6(2)9/h5,7H,3-4H2,1-2H3. The fourth-order valence-corrected chi connectivity index (χ4v) is 0.313. The minimum absolute atomic E-state index is 0.0291. The van der Waals surface area contributed by atoms with Crippen LogP contribution in [0.1, 0.15) is 20.3 Å². The highest BCUT2D eigenvalue weighted by molar-refractivity contribution is 6.26. The summed E-state index contributed by atoms with van der Waals surface area (Å²) in [6.07, 6.45) is 2.30. The largest absolute Gasteiger partial charge is 0.310 e. The molecule has 0 heterocycles. The number of rotatable bonds is 4. The molecule has 0 aliphatic carbocycles. The summed E-state index contributed by atoms with van der Waals surface area (Å²) < 4.78 is 0. The molecule has 0 saturated heterocycles. The second-order valence-electron chi connectivity index (χ2n) is 1.78. The smallest absolute Gasteiger partial charge is 0.172 e. The van der Waals surface area contributed by atoms with Crippen LogP contribution in [0.25, 0.3) is 0 Å². The van der Waals surface area contributed by atoms with Crippen molar-refractivity contribution in [2.75, 3.05) is 6.54 Å². The first kappa shape index (κ1) is 8.14. The van der Waals surface area contributed by atoms with Gasteiger partial charge in [-0.25, -0.2) is 0 Å². The second kappa shape index (κ2) is 5.28. The van der Waals surface area contributed by atoms with Crippen LogP contribution in [0.15, 0.2) is 5.10 Å². The average molecular weight is 128 g/mol. The number of nitrogens with one attached hydrogen (secondary N) is 1. The van der Waals surface area contributed by atoms with Crippen molar-refractivity contribution >= 4 is 12.0 Å². The summed E-state index contributed by atoms with van der Waals surface area (Å²) in [6.45, 7) is 4.33. The van der Waals surface area contributed by atoms with Crippen molar-refractivity contribution < 1.29 is 4.79 Å². The first-order valence-corrected chi connectivity index (χ1v) is 3.04. The Kier molecular flexibility index (Phi) is 4.78. The molecule has 0 atom stereocenters. The van der Waals surface area contributed by atoms with E-state index < -0.39 is 0 Å². The van der Waals surface area contributed by atoms with E-state index in [9.17, 15) is 4.79 Å². The molecular weight excluding hydrogens is 116 g/mol. The van der Waals surface area contributed by atoms with E-state index in [1.54, 1.807) is 0 Å². The Morgan fingerprint density at radius 3 is 2.89 bits per heavy atom. The van der Waals surface area contributed by atoms with Crippen LogP contribution in [-0.4, -0.2) is 18.5 Å². The number of carbonyl (C=O) groups excluding carboxylic acids is 1. The molecule has 0 aliphatic heterocycles. The summed E-state index contributed by atoms with van der Waals surface area (Å²) in [5.74, 6) is -0.0291. The van der Waals surface area contributed by atoms with Gasteiger partial charge in [-0.2, -0.15) is 5.10 Å². The molecule has 0 bridgehead atoms. The lowest BCUT2D eigenvalue weighted by atomic mass is 10.5. The predicted molar refractivity (Wildman–Crippen MR) is 37.5 cm³/mol. The fraction of sp³-hybridized carbons (Fsp3) is 0.667. The number of Topliss-reactive ketones (excluding diaryl/α,β-unsaturated/α-hetero) is 1. The normalized spacial score (nSPS) is 10.0. The van der Waals surface area contributed by atoms with Crippen molar-refractivity contribution in [1.82, 2.24) is 5.43 Å². The van der Waals surface area contributed by atoms with Crippen molar-refractivity contribution in [2.24, 2.45) is 5.10 Å². The molecule has 0 aromatic heterocycles. The van der Waals surface area contributed by atoms with E-state index in [1.165, 1.54) is 13.1 Å². The van der Waals surface area contributed by atoms with Gasteiger partial charge in [-0.15, -0.1) is 0 Å². The van der Waals surface area contributed by atoms with Crippen LogP contribution in [0.3, 0.4) is 0 Å². The molecule has 0 aromatic carbocycles. The lowest BCUT2D eigenvalue weighted by Crippen LogP contribution is -2.07. The van der Waals surface area contributed by atoms with Gasteiger partial charge in [-0.05, 0) is 6.42 Å². The SMILES string of the molecule is CCCNN=CC(C)=O. The number of ketones is 1. The lowest BCUT2D eigenvalue weighted by molar-refractivity contribution is -0.110. The van der Waals surface area contributed by atoms with Gasteiger partial charge >= 0.3 is 0 Å². The highest BCUT2D eigenvalue weighted by atomic mass is 16.1. The fourth-order valence-electron chi connectivity index (χ4n) is 0.313. The molecule has 9 heavy (non-hydrogen) atoms. The van der Waals surface area contributed by atoms with Gasteiger partial charge in [0.1, 0.15) is 0 Å². The maximum atomic E-state index is 10.2. The quantitative estimate of drug-likeness (QED) is 0.341. The van der Waals surface area contributed by atoms with Gasteiger partial charge in [0.25, 0.3) is 0 Å². The summed E-state index contributed by atoms with van der Waals surface area (Å²) >= 11 is 0. The summed E-state index contributed by atoms with van der Waals surface area (Å²) in [5, 5.41) is 3.64. The zero-order valence-electron chi connectivity index (χ0n) is 5.85. The molecule has 0 radical (unpaired) electrons. The minimum Gasteiger partial charge on any atom is -0.310 e. The van der Waals surface area contributed by atoms with E-state index in [0.717, 1.165) is 13.0 Å². The molecule has 52 valence electrons. The molecule has 3 nitrogen and oxygen atoms in total.